The van der Waals surface area contributed by atoms with Crippen molar-refractivity contribution in [1.29, 1.82) is 0 Å². The number of carbonyl (C=O) groups excluding carboxylic acids is 1. The molecule has 2 N–H and O–H groups in total. The summed E-state index contributed by atoms with van der Waals surface area (Å²) < 4.78 is 5.71. The minimum atomic E-state index is -0.462. The van der Waals surface area contributed by atoms with Gasteiger partial charge in [-0.2, -0.15) is 0 Å². The number of hydrogen-bond donors (Lipinski definition) is 2. The Balaban J connectivity index is 1.73. The second kappa shape index (κ2) is 3.92. The monoisotopic (exact) mass is 256 g/mol. The SMILES string of the molecule is O=C(c1cc2ccccc2o1)C12CCC(CNC1)N2. The van der Waals surface area contributed by atoms with Crippen LogP contribution in [-0.4, -0.2) is 30.5 Å². The Hall–Kier alpha value is -1.65. The second-order valence-electron chi connectivity index (χ2n) is 5.57. The van der Waals surface area contributed by atoms with Crippen molar-refractivity contribution in [2.45, 2.75) is 24.4 Å². The van der Waals surface area contributed by atoms with Gasteiger partial charge in [-0.3, -0.25) is 10.1 Å². The Morgan fingerprint density at radius 3 is 3.16 bits per heavy atom. The molecule has 4 nitrogen and oxygen atoms in total. The van der Waals surface area contributed by atoms with Crippen LogP contribution in [0.3, 0.4) is 0 Å². The maximum absolute atomic E-state index is 12.8. The number of nitrogens with one attached hydrogen (secondary N) is 2. The highest BCUT2D eigenvalue weighted by Gasteiger charge is 2.48. The number of hydrogen-bond acceptors (Lipinski definition) is 4. The molecule has 2 unspecified atom stereocenters. The maximum atomic E-state index is 12.8. The Morgan fingerprint density at radius 2 is 2.26 bits per heavy atom. The first-order chi connectivity index (χ1) is 9.27. The fourth-order valence-corrected chi connectivity index (χ4v) is 3.30. The van der Waals surface area contributed by atoms with Gasteiger partial charge in [-0.15, -0.1) is 0 Å². The Labute approximate surface area is 111 Å². The summed E-state index contributed by atoms with van der Waals surface area (Å²) in [5.74, 6) is 0.552. The van der Waals surface area contributed by atoms with Gasteiger partial charge in [0.1, 0.15) is 5.58 Å². The fraction of sp³-hybridized carbons (Fsp3) is 0.400. The third-order valence-corrected chi connectivity index (χ3v) is 4.30. The molecule has 0 radical (unpaired) electrons. The van der Waals surface area contributed by atoms with E-state index in [0.29, 0.717) is 18.3 Å². The summed E-state index contributed by atoms with van der Waals surface area (Å²) in [7, 11) is 0. The number of fused-ring (bicyclic) bond motifs is 3. The van der Waals surface area contributed by atoms with Crippen LogP contribution in [0.4, 0.5) is 0 Å². The molecule has 0 amide bonds. The molecule has 2 fully saturated rings. The van der Waals surface area contributed by atoms with Crippen LogP contribution in [0.25, 0.3) is 11.0 Å². The largest absolute Gasteiger partial charge is 0.453 e. The van der Waals surface area contributed by atoms with Crippen LogP contribution in [0.2, 0.25) is 0 Å². The molecule has 4 heteroatoms. The second-order valence-corrected chi connectivity index (χ2v) is 5.57. The zero-order valence-corrected chi connectivity index (χ0v) is 10.6. The van der Waals surface area contributed by atoms with E-state index in [2.05, 4.69) is 10.6 Å². The molecule has 0 aliphatic carbocycles. The highest BCUT2D eigenvalue weighted by Crippen LogP contribution is 2.31. The standard InChI is InChI=1S/C15H16N2O2/c18-14(15-6-5-11(17-15)8-16-9-15)13-7-10-3-1-2-4-12(10)19-13/h1-4,7,11,16-17H,5-6,8-9H2. The van der Waals surface area contributed by atoms with E-state index in [9.17, 15) is 4.79 Å². The molecule has 2 aliphatic rings. The molecule has 0 spiro atoms. The topological polar surface area (TPSA) is 54.3 Å². The first kappa shape index (κ1) is 11.2. The van der Waals surface area contributed by atoms with Crippen LogP contribution in [0.5, 0.6) is 0 Å². The van der Waals surface area contributed by atoms with Gasteiger partial charge in [0.2, 0.25) is 5.78 Å². The summed E-state index contributed by atoms with van der Waals surface area (Å²) in [4.78, 5) is 12.8. The van der Waals surface area contributed by atoms with Gasteiger partial charge in [-0.25, -0.2) is 0 Å². The van der Waals surface area contributed by atoms with E-state index in [1.165, 1.54) is 0 Å². The first-order valence-corrected chi connectivity index (χ1v) is 6.79. The lowest BCUT2D eigenvalue weighted by Crippen LogP contribution is -2.62. The van der Waals surface area contributed by atoms with Crippen LogP contribution < -0.4 is 10.6 Å². The molecule has 19 heavy (non-hydrogen) atoms. The smallest absolute Gasteiger partial charge is 0.219 e. The number of rotatable bonds is 2. The number of piperazine rings is 1. The van der Waals surface area contributed by atoms with Crippen LogP contribution >= 0.6 is 0 Å². The molecule has 98 valence electrons. The van der Waals surface area contributed by atoms with Gasteiger partial charge in [0.15, 0.2) is 5.76 Å². The van der Waals surface area contributed by atoms with Crippen LogP contribution in [0.15, 0.2) is 34.7 Å². The average molecular weight is 256 g/mol. The van der Waals surface area contributed by atoms with Crippen LogP contribution in [-0.2, 0) is 0 Å². The summed E-state index contributed by atoms with van der Waals surface area (Å²) in [6.45, 7) is 1.65. The molecule has 0 saturated carbocycles. The summed E-state index contributed by atoms with van der Waals surface area (Å²) in [5, 5.41) is 7.81. The highest BCUT2D eigenvalue weighted by atomic mass is 16.3. The number of benzene rings is 1. The molecule has 2 aromatic rings. The Bertz CT molecular complexity index is 611. The first-order valence-electron chi connectivity index (χ1n) is 6.79. The molecule has 2 bridgehead atoms. The van der Waals surface area contributed by atoms with E-state index in [1.54, 1.807) is 0 Å². The van der Waals surface area contributed by atoms with Crippen LogP contribution in [0.1, 0.15) is 23.4 Å². The van der Waals surface area contributed by atoms with Gasteiger partial charge in [-0.1, -0.05) is 18.2 Å². The van der Waals surface area contributed by atoms with Crippen molar-refractivity contribution >= 4 is 16.8 Å². The fourth-order valence-electron chi connectivity index (χ4n) is 3.30. The third-order valence-electron chi connectivity index (χ3n) is 4.30. The van der Waals surface area contributed by atoms with Gasteiger partial charge in [-0.05, 0) is 25.0 Å². The molecular formula is C15H16N2O2. The summed E-state index contributed by atoms with van der Waals surface area (Å²) in [6, 6.07) is 10.0. The van der Waals surface area contributed by atoms with E-state index in [4.69, 9.17) is 4.42 Å². The minimum absolute atomic E-state index is 0.0819. The van der Waals surface area contributed by atoms with E-state index in [1.807, 2.05) is 30.3 Å². The van der Waals surface area contributed by atoms with Crippen molar-refractivity contribution < 1.29 is 9.21 Å². The van der Waals surface area contributed by atoms with Gasteiger partial charge < -0.3 is 9.73 Å². The summed E-state index contributed by atoms with van der Waals surface area (Å²) in [5.41, 5.74) is 0.317. The maximum Gasteiger partial charge on any atom is 0.219 e. The average Bonchev–Trinajstić information content (AvgIpc) is 3.00. The Kier molecular flexibility index (Phi) is 2.31. The predicted molar refractivity (Wildman–Crippen MR) is 72.3 cm³/mol. The van der Waals surface area contributed by atoms with Crippen molar-refractivity contribution in [2.24, 2.45) is 0 Å². The molecule has 2 saturated heterocycles. The van der Waals surface area contributed by atoms with Gasteiger partial charge in [0.05, 0.1) is 5.54 Å². The lowest BCUT2D eigenvalue weighted by molar-refractivity contribution is 0.0820. The minimum Gasteiger partial charge on any atom is -0.453 e. The number of para-hydroxylation sites is 1. The van der Waals surface area contributed by atoms with Crippen molar-refractivity contribution in [1.82, 2.24) is 10.6 Å². The van der Waals surface area contributed by atoms with Crippen LogP contribution in [0, 0.1) is 0 Å². The summed E-state index contributed by atoms with van der Waals surface area (Å²) >= 11 is 0. The predicted octanol–water partition coefficient (Wildman–Crippen LogP) is 1.71. The Morgan fingerprint density at radius 1 is 1.37 bits per heavy atom. The molecule has 2 aliphatic heterocycles. The molecule has 1 aromatic heterocycles. The quantitative estimate of drug-likeness (QED) is 0.803. The van der Waals surface area contributed by atoms with Crippen molar-refractivity contribution in [3.8, 4) is 0 Å². The molecule has 3 heterocycles. The normalized spacial score (nSPS) is 29.8. The van der Waals surface area contributed by atoms with E-state index >= 15 is 0 Å². The molecular weight excluding hydrogens is 240 g/mol. The third kappa shape index (κ3) is 1.64. The number of Topliss-reactive ketones (excluding diaryl/α,β-unsaturated/α-hetero) is 1. The van der Waals surface area contributed by atoms with Crippen molar-refractivity contribution in [3.05, 3.63) is 36.1 Å². The number of carbonyl (C=O) groups is 1. The number of ketones is 1. The van der Waals surface area contributed by atoms with Gasteiger partial charge in [0.25, 0.3) is 0 Å². The lowest BCUT2D eigenvalue weighted by atomic mass is 9.90. The zero-order chi connectivity index (χ0) is 12.9. The zero-order valence-electron chi connectivity index (χ0n) is 10.6. The molecule has 2 atom stereocenters. The molecule has 1 aromatic carbocycles. The van der Waals surface area contributed by atoms with Crippen molar-refractivity contribution in [2.75, 3.05) is 13.1 Å². The highest BCUT2D eigenvalue weighted by molar-refractivity contribution is 6.04. The van der Waals surface area contributed by atoms with E-state index < -0.39 is 5.54 Å². The van der Waals surface area contributed by atoms with E-state index in [-0.39, 0.29) is 5.78 Å². The summed E-state index contributed by atoms with van der Waals surface area (Å²) in [6.07, 6.45) is 1.94. The van der Waals surface area contributed by atoms with Crippen molar-refractivity contribution in [3.63, 3.8) is 0 Å². The number of furan rings is 1. The van der Waals surface area contributed by atoms with Gasteiger partial charge in [0, 0.05) is 24.5 Å². The lowest BCUT2D eigenvalue weighted by Gasteiger charge is -2.33. The molecule has 4 rings (SSSR count). The van der Waals surface area contributed by atoms with Gasteiger partial charge >= 0.3 is 0 Å². The van der Waals surface area contributed by atoms with E-state index in [0.717, 1.165) is 30.4 Å².